The molecule has 4 aromatic rings. The van der Waals surface area contributed by atoms with Crippen LogP contribution >= 0.6 is 11.3 Å². The second kappa shape index (κ2) is 8.92. The third-order valence-electron chi connectivity index (χ3n) is 5.56. The number of fused-ring (bicyclic) bond motifs is 3. The third kappa shape index (κ3) is 3.90. The molecule has 5 nitrogen and oxygen atoms in total. The van der Waals surface area contributed by atoms with E-state index in [-0.39, 0.29) is 24.0 Å². The van der Waals surface area contributed by atoms with Crippen LogP contribution in [0.5, 0.6) is 5.75 Å². The molecule has 0 saturated heterocycles. The molecular weight excluding hydrogens is 434 g/mol. The number of esters is 1. The SMILES string of the molecule is CCOC(=O)C1=C(NC(=O)c2cccs2)Oc2ccc3ccccc3c2C1c1ccccc1. The van der Waals surface area contributed by atoms with Gasteiger partial charge >= 0.3 is 5.97 Å². The van der Waals surface area contributed by atoms with Crippen LogP contribution < -0.4 is 10.1 Å². The molecule has 1 aromatic heterocycles. The Bertz CT molecular complexity index is 1360. The highest BCUT2D eigenvalue weighted by Gasteiger charge is 2.38. The van der Waals surface area contributed by atoms with E-state index in [2.05, 4.69) is 5.32 Å². The molecule has 1 aliphatic heterocycles. The Hall–Kier alpha value is -3.90. The molecule has 0 radical (unpaired) electrons. The first kappa shape index (κ1) is 21.0. The van der Waals surface area contributed by atoms with Crippen LogP contribution in [-0.4, -0.2) is 18.5 Å². The summed E-state index contributed by atoms with van der Waals surface area (Å²) in [6.07, 6.45) is 0. The van der Waals surface area contributed by atoms with Gasteiger partial charge in [0.25, 0.3) is 5.91 Å². The van der Waals surface area contributed by atoms with Gasteiger partial charge in [0.05, 0.1) is 17.4 Å². The van der Waals surface area contributed by atoms with Gasteiger partial charge in [-0.15, -0.1) is 11.3 Å². The Morgan fingerprint density at radius 1 is 0.970 bits per heavy atom. The molecule has 1 amide bonds. The van der Waals surface area contributed by atoms with Crippen LogP contribution in [0.1, 0.15) is 33.6 Å². The fourth-order valence-corrected chi connectivity index (χ4v) is 4.79. The number of amides is 1. The van der Waals surface area contributed by atoms with Gasteiger partial charge in [-0.25, -0.2) is 4.79 Å². The van der Waals surface area contributed by atoms with Crippen LogP contribution in [0.2, 0.25) is 0 Å². The lowest BCUT2D eigenvalue weighted by Gasteiger charge is -2.31. The van der Waals surface area contributed by atoms with Crippen LogP contribution in [0.4, 0.5) is 0 Å². The monoisotopic (exact) mass is 455 g/mol. The van der Waals surface area contributed by atoms with E-state index in [9.17, 15) is 9.59 Å². The predicted molar refractivity (Wildman–Crippen MR) is 128 cm³/mol. The summed E-state index contributed by atoms with van der Waals surface area (Å²) in [4.78, 5) is 26.7. The minimum absolute atomic E-state index is 0.100. The summed E-state index contributed by atoms with van der Waals surface area (Å²) in [6.45, 7) is 1.96. The highest BCUT2D eigenvalue weighted by molar-refractivity contribution is 7.12. The van der Waals surface area contributed by atoms with Gasteiger partial charge in [-0.3, -0.25) is 10.1 Å². The number of carbonyl (C=O) groups excluding carboxylic acids is 2. The van der Waals surface area contributed by atoms with Crippen LogP contribution in [0.25, 0.3) is 10.8 Å². The molecule has 1 N–H and O–H groups in total. The van der Waals surface area contributed by atoms with E-state index in [1.165, 1.54) is 11.3 Å². The second-order valence-corrected chi connectivity index (χ2v) is 8.49. The van der Waals surface area contributed by atoms with Gasteiger partial charge in [-0.1, -0.05) is 66.7 Å². The van der Waals surface area contributed by atoms with E-state index in [0.29, 0.717) is 10.6 Å². The summed E-state index contributed by atoms with van der Waals surface area (Å²) >= 11 is 1.32. The van der Waals surface area contributed by atoms with Gasteiger partial charge in [0.2, 0.25) is 5.88 Å². The number of hydrogen-bond acceptors (Lipinski definition) is 5. The minimum atomic E-state index is -0.522. The smallest absolute Gasteiger partial charge is 0.340 e. The molecule has 1 aliphatic rings. The van der Waals surface area contributed by atoms with Crippen molar-refractivity contribution >= 4 is 34.0 Å². The van der Waals surface area contributed by atoms with Crippen LogP contribution in [0.3, 0.4) is 0 Å². The normalized spacial score (nSPS) is 15.0. The maximum absolute atomic E-state index is 13.3. The zero-order valence-corrected chi connectivity index (χ0v) is 18.7. The average Bonchev–Trinajstić information content (AvgIpc) is 3.39. The van der Waals surface area contributed by atoms with Gasteiger partial charge in [-0.2, -0.15) is 0 Å². The highest BCUT2D eigenvalue weighted by Crippen LogP contribution is 2.46. The lowest BCUT2D eigenvalue weighted by atomic mass is 9.80. The topological polar surface area (TPSA) is 64.6 Å². The fourth-order valence-electron chi connectivity index (χ4n) is 4.17. The molecular formula is C27H21NO4S. The van der Waals surface area contributed by atoms with E-state index in [0.717, 1.165) is 21.9 Å². The summed E-state index contributed by atoms with van der Waals surface area (Å²) in [5, 5.41) is 6.67. The number of ether oxygens (including phenoxy) is 2. The molecule has 33 heavy (non-hydrogen) atoms. The van der Waals surface area contributed by atoms with Crippen LogP contribution in [-0.2, 0) is 9.53 Å². The predicted octanol–water partition coefficient (Wildman–Crippen LogP) is 5.63. The van der Waals surface area contributed by atoms with Gasteiger partial charge in [-0.05, 0) is 40.8 Å². The molecule has 0 saturated carbocycles. The molecule has 164 valence electrons. The molecule has 0 fully saturated rings. The van der Waals surface area contributed by atoms with Crippen molar-refractivity contribution in [3.05, 3.63) is 112 Å². The molecule has 0 spiro atoms. The zero-order valence-electron chi connectivity index (χ0n) is 17.9. The molecule has 1 atom stereocenters. The summed E-state index contributed by atoms with van der Waals surface area (Å²) < 4.78 is 11.6. The van der Waals surface area contributed by atoms with E-state index >= 15 is 0 Å². The Kier molecular flexibility index (Phi) is 5.67. The van der Waals surface area contributed by atoms with Gasteiger partial charge in [0.15, 0.2) is 0 Å². The quantitative estimate of drug-likeness (QED) is 0.396. The Labute approximate surface area is 195 Å². The number of rotatable bonds is 5. The van der Waals surface area contributed by atoms with Crippen LogP contribution in [0.15, 0.2) is 95.7 Å². The summed E-state index contributed by atoms with van der Waals surface area (Å²) in [6, 6.07) is 25.1. The Morgan fingerprint density at radius 2 is 1.76 bits per heavy atom. The molecule has 5 rings (SSSR count). The van der Waals surface area contributed by atoms with Crippen molar-refractivity contribution in [3.8, 4) is 5.75 Å². The van der Waals surface area contributed by atoms with Crippen molar-refractivity contribution < 1.29 is 19.1 Å². The fraction of sp³-hybridized carbons (Fsp3) is 0.111. The average molecular weight is 456 g/mol. The Morgan fingerprint density at radius 3 is 2.52 bits per heavy atom. The maximum atomic E-state index is 13.3. The van der Waals surface area contributed by atoms with Crippen molar-refractivity contribution in [1.29, 1.82) is 0 Å². The first-order valence-corrected chi connectivity index (χ1v) is 11.6. The Balaban J connectivity index is 1.74. The van der Waals surface area contributed by atoms with Crippen molar-refractivity contribution in [1.82, 2.24) is 5.32 Å². The summed E-state index contributed by atoms with van der Waals surface area (Å²) in [7, 11) is 0. The number of benzene rings is 3. The van der Waals surface area contributed by atoms with E-state index < -0.39 is 11.9 Å². The zero-order chi connectivity index (χ0) is 22.8. The van der Waals surface area contributed by atoms with Crippen LogP contribution in [0, 0.1) is 0 Å². The van der Waals surface area contributed by atoms with Gasteiger partial charge in [0.1, 0.15) is 11.3 Å². The van der Waals surface area contributed by atoms with Crippen molar-refractivity contribution in [2.75, 3.05) is 6.61 Å². The lowest BCUT2D eigenvalue weighted by Crippen LogP contribution is -2.33. The standard InChI is InChI=1S/C27H21NO4S/c1-2-31-27(30)24-22(18-10-4-3-5-11-18)23-19-12-7-6-9-17(19)14-15-20(23)32-26(24)28-25(29)21-13-8-16-33-21/h3-16,22H,2H2,1H3,(H,28,29). The number of thiophene rings is 1. The minimum Gasteiger partial charge on any atom is -0.462 e. The van der Waals surface area contributed by atoms with Gasteiger partial charge in [0, 0.05) is 5.56 Å². The van der Waals surface area contributed by atoms with Gasteiger partial charge < -0.3 is 9.47 Å². The van der Waals surface area contributed by atoms with E-state index in [4.69, 9.17) is 9.47 Å². The molecule has 1 unspecified atom stereocenters. The molecule has 0 bridgehead atoms. The second-order valence-electron chi connectivity index (χ2n) is 7.54. The highest BCUT2D eigenvalue weighted by atomic mass is 32.1. The first-order chi connectivity index (χ1) is 16.2. The molecule has 2 heterocycles. The van der Waals surface area contributed by atoms with Crippen molar-refractivity contribution in [2.45, 2.75) is 12.8 Å². The number of hydrogen-bond donors (Lipinski definition) is 1. The summed E-state index contributed by atoms with van der Waals surface area (Å²) in [5.74, 6) is -0.636. The van der Waals surface area contributed by atoms with E-state index in [1.807, 2.05) is 72.1 Å². The largest absolute Gasteiger partial charge is 0.462 e. The molecule has 0 aliphatic carbocycles. The molecule has 3 aromatic carbocycles. The number of carbonyl (C=O) groups is 2. The molecule has 6 heteroatoms. The van der Waals surface area contributed by atoms with Crippen molar-refractivity contribution in [3.63, 3.8) is 0 Å². The first-order valence-electron chi connectivity index (χ1n) is 10.7. The lowest BCUT2D eigenvalue weighted by molar-refractivity contribution is -0.139. The third-order valence-corrected chi connectivity index (χ3v) is 6.43. The van der Waals surface area contributed by atoms with E-state index in [1.54, 1.807) is 19.1 Å². The van der Waals surface area contributed by atoms with Crippen molar-refractivity contribution in [2.24, 2.45) is 0 Å². The maximum Gasteiger partial charge on any atom is 0.340 e. The number of nitrogens with one attached hydrogen (secondary N) is 1. The summed E-state index contributed by atoms with van der Waals surface area (Å²) in [5.41, 5.74) is 2.05.